The number of aliphatic hydroxyl groups is 1. The molecule has 0 spiro atoms. The molecule has 3 aromatic rings. The monoisotopic (exact) mass is 404 g/mol. The lowest BCUT2D eigenvalue weighted by atomic mass is 10.0. The van der Waals surface area contributed by atoms with Crippen molar-refractivity contribution in [1.82, 2.24) is 9.88 Å². The van der Waals surface area contributed by atoms with Crippen LogP contribution in [0.3, 0.4) is 0 Å². The summed E-state index contributed by atoms with van der Waals surface area (Å²) in [4.78, 5) is 25.2. The summed E-state index contributed by atoms with van der Waals surface area (Å²) in [6.45, 7) is 1.55. The molecule has 2 aromatic carbocycles. The van der Waals surface area contributed by atoms with Crippen molar-refractivity contribution in [3.63, 3.8) is 0 Å². The van der Waals surface area contributed by atoms with Crippen LogP contribution in [0.2, 0.25) is 0 Å². The number of hydrogen-bond donors (Lipinski definition) is 2. The molecule has 1 heterocycles. The Bertz CT molecular complexity index is 1090. The van der Waals surface area contributed by atoms with Crippen molar-refractivity contribution in [3.8, 4) is 0 Å². The number of nitrogens with one attached hydrogen (secondary N) is 1. The second kappa shape index (κ2) is 8.08. The molecule has 0 bridgehead atoms. The summed E-state index contributed by atoms with van der Waals surface area (Å²) in [5.74, 6) is -0.442. The topological polar surface area (TPSA) is 71.3 Å². The fourth-order valence-electron chi connectivity index (χ4n) is 3.02. The van der Waals surface area contributed by atoms with Gasteiger partial charge in [0.1, 0.15) is 0 Å². The molecule has 5 nitrogen and oxygen atoms in total. The van der Waals surface area contributed by atoms with E-state index in [9.17, 15) is 27.9 Å². The van der Waals surface area contributed by atoms with E-state index in [2.05, 4.69) is 5.32 Å². The van der Waals surface area contributed by atoms with Crippen LogP contribution >= 0.6 is 0 Å². The second-order valence-electron chi connectivity index (χ2n) is 6.70. The maximum absolute atomic E-state index is 12.6. The normalized spacial score (nSPS) is 12.7. The molecule has 0 unspecified atom stereocenters. The zero-order valence-electron chi connectivity index (χ0n) is 15.5. The SMILES string of the molecule is C[C@H](CO)n1ccc2c(C(=O)NCc3ccc(C(F)(F)F)cc3)cccc2c1=O. The smallest absolute Gasteiger partial charge is 0.394 e. The molecule has 1 aromatic heterocycles. The van der Waals surface area contributed by atoms with Gasteiger partial charge in [0.15, 0.2) is 0 Å². The average molecular weight is 404 g/mol. The third-order valence-electron chi connectivity index (χ3n) is 4.69. The first kappa shape index (κ1) is 20.6. The van der Waals surface area contributed by atoms with Crippen LogP contribution in [0.15, 0.2) is 59.5 Å². The molecule has 0 saturated heterocycles. The maximum Gasteiger partial charge on any atom is 0.416 e. The first-order valence-corrected chi connectivity index (χ1v) is 8.91. The quantitative estimate of drug-likeness (QED) is 0.684. The van der Waals surface area contributed by atoms with E-state index in [0.29, 0.717) is 16.3 Å². The Morgan fingerprint density at radius 2 is 1.79 bits per heavy atom. The molecule has 152 valence electrons. The van der Waals surface area contributed by atoms with Gasteiger partial charge in [0, 0.05) is 29.1 Å². The fourth-order valence-corrected chi connectivity index (χ4v) is 3.02. The molecule has 0 aliphatic heterocycles. The van der Waals surface area contributed by atoms with Gasteiger partial charge >= 0.3 is 6.18 Å². The van der Waals surface area contributed by atoms with Gasteiger partial charge < -0.3 is 15.0 Å². The van der Waals surface area contributed by atoms with Crippen molar-refractivity contribution < 1.29 is 23.1 Å². The van der Waals surface area contributed by atoms with E-state index in [1.165, 1.54) is 22.9 Å². The molecular formula is C21H19F3N2O3. The van der Waals surface area contributed by atoms with Crippen LogP contribution in [-0.2, 0) is 12.7 Å². The van der Waals surface area contributed by atoms with E-state index < -0.39 is 23.7 Å². The van der Waals surface area contributed by atoms with Crippen LogP contribution in [0.25, 0.3) is 10.8 Å². The number of carbonyl (C=O) groups is 1. The van der Waals surface area contributed by atoms with Gasteiger partial charge in [-0.2, -0.15) is 13.2 Å². The molecule has 29 heavy (non-hydrogen) atoms. The van der Waals surface area contributed by atoms with Crippen LogP contribution in [0.1, 0.15) is 34.5 Å². The zero-order valence-corrected chi connectivity index (χ0v) is 15.5. The minimum Gasteiger partial charge on any atom is -0.394 e. The van der Waals surface area contributed by atoms with Crippen molar-refractivity contribution in [2.24, 2.45) is 0 Å². The molecule has 0 radical (unpaired) electrons. The van der Waals surface area contributed by atoms with E-state index in [1.807, 2.05) is 0 Å². The number of aliphatic hydroxyl groups excluding tert-OH is 1. The minimum absolute atomic E-state index is 0.0476. The number of nitrogens with zero attached hydrogens (tertiary/aromatic N) is 1. The van der Waals surface area contributed by atoms with Crippen LogP contribution in [0.4, 0.5) is 13.2 Å². The highest BCUT2D eigenvalue weighted by Gasteiger charge is 2.29. The summed E-state index contributed by atoms with van der Waals surface area (Å²) < 4.78 is 39.3. The zero-order chi connectivity index (χ0) is 21.2. The molecular weight excluding hydrogens is 385 g/mol. The van der Waals surface area contributed by atoms with Crippen LogP contribution in [0, 0.1) is 0 Å². The van der Waals surface area contributed by atoms with E-state index in [-0.39, 0.29) is 24.3 Å². The Labute approximate surface area is 164 Å². The largest absolute Gasteiger partial charge is 0.416 e. The Hall–Kier alpha value is -3.13. The molecule has 1 amide bonds. The number of carbonyl (C=O) groups excluding carboxylic acids is 1. The third-order valence-corrected chi connectivity index (χ3v) is 4.69. The number of pyridine rings is 1. The van der Waals surface area contributed by atoms with E-state index >= 15 is 0 Å². The summed E-state index contributed by atoms with van der Waals surface area (Å²) in [5.41, 5.74) is -0.266. The lowest BCUT2D eigenvalue weighted by molar-refractivity contribution is -0.137. The standard InChI is InChI=1S/C21H19F3N2O3/c1-13(12-27)26-10-9-16-17(3-2-4-18(16)20(26)29)19(28)25-11-14-5-7-15(8-6-14)21(22,23)24/h2-10,13,27H,11-12H2,1H3,(H,25,28)/t13-/m1/s1. The Balaban J connectivity index is 1.82. The number of fused-ring (bicyclic) bond motifs is 1. The summed E-state index contributed by atoms with van der Waals surface area (Å²) in [6.07, 6.45) is -2.89. The van der Waals surface area contributed by atoms with Gasteiger partial charge in [-0.15, -0.1) is 0 Å². The average Bonchev–Trinajstić information content (AvgIpc) is 2.71. The number of rotatable bonds is 5. The molecule has 0 aliphatic rings. The lowest BCUT2D eigenvalue weighted by Crippen LogP contribution is -2.26. The molecule has 1 atom stereocenters. The highest BCUT2D eigenvalue weighted by atomic mass is 19.4. The number of benzene rings is 2. The first-order chi connectivity index (χ1) is 13.7. The Morgan fingerprint density at radius 3 is 2.41 bits per heavy atom. The van der Waals surface area contributed by atoms with Crippen LogP contribution < -0.4 is 10.9 Å². The molecule has 0 aliphatic carbocycles. The predicted octanol–water partition coefficient (Wildman–Crippen LogP) is 3.50. The van der Waals surface area contributed by atoms with Crippen molar-refractivity contribution in [2.75, 3.05) is 6.61 Å². The van der Waals surface area contributed by atoms with Crippen molar-refractivity contribution in [1.29, 1.82) is 0 Å². The van der Waals surface area contributed by atoms with Crippen molar-refractivity contribution in [3.05, 3.63) is 81.8 Å². The van der Waals surface area contributed by atoms with Crippen molar-refractivity contribution in [2.45, 2.75) is 25.7 Å². The molecule has 0 fully saturated rings. The molecule has 2 N–H and O–H groups in total. The molecule has 3 rings (SSSR count). The summed E-state index contributed by atoms with van der Waals surface area (Å²) >= 11 is 0. The molecule has 8 heteroatoms. The highest BCUT2D eigenvalue weighted by Crippen LogP contribution is 2.29. The van der Waals surface area contributed by atoms with Gasteiger partial charge in [-0.1, -0.05) is 18.2 Å². The van der Waals surface area contributed by atoms with Gasteiger partial charge in [0.05, 0.1) is 18.2 Å². The third kappa shape index (κ3) is 4.32. The van der Waals surface area contributed by atoms with E-state index in [4.69, 9.17) is 0 Å². The summed E-state index contributed by atoms with van der Waals surface area (Å²) in [7, 11) is 0. The predicted molar refractivity (Wildman–Crippen MR) is 103 cm³/mol. The lowest BCUT2D eigenvalue weighted by Gasteiger charge is -2.14. The number of amides is 1. The van der Waals surface area contributed by atoms with Gasteiger partial charge in [-0.25, -0.2) is 0 Å². The maximum atomic E-state index is 12.6. The van der Waals surface area contributed by atoms with Gasteiger partial charge in [0.2, 0.25) is 0 Å². The number of alkyl halides is 3. The Morgan fingerprint density at radius 1 is 1.10 bits per heavy atom. The van der Waals surface area contributed by atoms with Gasteiger partial charge in [-0.05, 0) is 42.8 Å². The van der Waals surface area contributed by atoms with Crippen molar-refractivity contribution >= 4 is 16.7 Å². The first-order valence-electron chi connectivity index (χ1n) is 8.91. The number of aromatic nitrogens is 1. The second-order valence-corrected chi connectivity index (χ2v) is 6.70. The van der Waals surface area contributed by atoms with Crippen LogP contribution in [-0.4, -0.2) is 22.2 Å². The fraction of sp³-hybridized carbons (Fsp3) is 0.238. The number of halogens is 3. The summed E-state index contributed by atoms with van der Waals surface area (Å²) in [6, 6.07) is 10.5. The number of hydrogen-bond acceptors (Lipinski definition) is 3. The minimum atomic E-state index is -4.41. The summed E-state index contributed by atoms with van der Waals surface area (Å²) in [5, 5.41) is 12.8. The van der Waals surface area contributed by atoms with E-state index in [1.54, 1.807) is 31.2 Å². The van der Waals surface area contributed by atoms with Gasteiger partial charge in [0.25, 0.3) is 11.5 Å². The van der Waals surface area contributed by atoms with E-state index in [0.717, 1.165) is 12.1 Å². The van der Waals surface area contributed by atoms with Gasteiger partial charge in [-0.3, -0.25) is 9.59 Å². The van der Waals surface area contributed by atoms with Crippen LogP contribution in [0.5, 0.6) is 0 Å². The molecule has 0 saturated carbocycles. The highest BCUT2D eigenvalue weighted by molar-refractivity contribution is 6.06. The Kier molecular flexibility index (Phi) is 5.74.